The highest BCUT2D eigenvalue weighted by Crippen LogP contribution is 2.22. The minimum atomic E-state index is -0.188. The zero-order chi connectivity index (χ0) is 13.0. The third kappa shape index (κ3) is 3.37. The van der Waals surface area contributed by atoms with Crippen LogP contribution in [0.5, 0.6) is 0 Å². The summed E-state index contributed by atoms with van der Waals surface area (Å²) in [6.45, 7) is 2.87. The molecule has 0 aliphatic carbocycles. The van der Waals surface area contributed by atoms with Crippen molar-refractivity contribution in [2.24, 2.45) is 0 Å². The van der Waals surface area contributed by atoms with Crippen LogP contribution in [0.25, 0.3) is 0 Å². The summed E-state index contributed by atoms with van der Waals surface area (Å²) in [6, 6.07) is 6.76. The monoisotopic (exact) mass is 264 g/mol. The molecule has 2 nitrogen and oxygen atoms in total. The lowest BCUT2D eigenvalue weighted by Crippen LogP contribution is -2.19. The van der Waals surface area contributed by atoms with Gasteiger partial charge in [-0.05, 0) is 31.7 Å². The first-order valence-electron chi connectivity index (χ1n) is 6.00. The molecule has 18 heavy (non-hydrogen) atoms. The summed E-state index contributed by atoms with van der Waals surface area (Å²) in [5.41, 5.74) is 2.22. The summed E-state index contributed by atoms with van der Waals surface area (Å²) in [6.07, 6.45) is 0.894. The van der Waals surface area contributed by atoms with Crippen molar-refractivity contribution in [3.05, 3.63) is 51.7 Å². The Kier molecular flexibility index (Phi) is 4.44. The number of benzene rings is 1. The van der Waals surface area contributed by atoms with Crippen molar-refractivity contribution in [1.82, 2.24) is 10.3 Å². The van der Waals surface area contributed by atoms with Crippen LogP contribution >= 0.6 is 11.3 Å². The number of hydrogen-bond donors (Lipinski definition) is 1. The minimum Gasteiger partial charge on any atom is -0.319 e. The van der Waals surface area contributed by atoms with Crippen molar-refractivity contribution in [3.8, 4) is 0 Å². The number of likely N-dealkylation sites (N-methyl/N-ethyl adjacent to an activating group) is 1. The van der Waals surface area contributed by atoms with E-state index in [1.165, 1.54) is 12.1 Å². The maximum absolute atomic E-state index is 12.9. The minimum absolute atomic E-state index is 0.188. The highest BCUT2D eigenvalue weighted by molar-refractivity contribution is 7.09. The molecular weight excluding hydrogens is 247 g/mol. The molecule has 0 saturated carbocycles. The van der Waals surface area contributed by atoms with Gasteiger partial charge in [-0.1, -0.05) is 12.1 Å². The summed E-state index contributed by atoms with van der Waals surface area (Å²) >= 11 is 1.69. The van der Waals surface area contributed by atoms with Gasteiger partial charge >= 0.3 is 0 Å². The SMILES string of the molecule is CNCC(Cc1nc(C)cs1)c1ccc(F)cc1. The zero-order valence-corrected chi connectivity index (χ0v) is 11.4. The van der Waals surface area contributed by atoms with Gasteiger partial charge in [0.25, 0.3) is 0 Å². The van der Waals surface area contributed by atoms with Gasteiger partial charge in [-0.15, -0.1) is 11.3 Å². The highest BCUT2D eigenvalue weighted by atomic mass is 32.1. The molecule has 0 radical (unpaired) electrons. The van der Waals surface area contributed by atoms with E-state index in [0.29, 0.717) is 5.92 Å². The third-order valence-electron chi connectivity index (χ3n) is 2.88. The van der Waals surface area contributed by atoms with Crippen LogP contribution in [0, 0.1) is 12.7 Å². The average Bonchev–Trinajstić information content (AvgIpc) is 2.75. The molecule has 0 aliphatic rings. The van der Waals surface area contributed by atoms with Crippen molar-refractivity contribution in [2.45, 2.75) is 19.3 Å². The van der Waals surface area contributed by atoms with E-state index >= 15 is 0 Å². The van der Waals surface area contributed by atoms with E-state index in [1.807, 2.05) is 26.1 Å². The van der Waals surface area contributed by atoms with E-state index in [4.69, 9.17) is 0 Å². The molecule has 1 atom stereocenters. The van der Waals surface area contributed by atoms with E-state index in [1.54, 1.807) is 11.3 Å². The largest absolute Gasteiger partial charge is 0.319 e. The Balaban J connectivity index is 2.14. The second-order valence-electron chi connectivity index (χ2n) is 4.39. The third-order valence-corrected chi connectivity index (χ3v) is 3.87. The van der Waals surface area contributed by atoms with E-state index in [2.05, 4.69) is 15.7 Å². The quantitative estimate of drug-likeness (QED) is 0.897. The molecule has 4 heteroatoms. The molecule has 0 amide bonds. The standard InChI is InChI=1S/C14H17FN2S/c1-10-9-18-14(17-10)7-12(8-16-2)11-3-5-13(15)6-4-11/h3-6,9,12,16H,7-8H2,1-2H3. The highest BCUT2D eigenvalue weighted by Gasteiger charge is 2.13. The lowest BCUT2D eigenvalue weighted by molar-refractivity contribution is 0.610. The average molecular weight is 264 g/mol. The summed E-state index contributed by atoms with van der Waals surface area (Å²) in [7, 11) is 1.93. The van der Waals surface area contributed by atoms with Crippen LogP contribution in [0.1, 0.15) is 22.2 Å². The summed E-state index contributed by atoms with van der Waals surface area (Å²) in [4.78, 5) is 4.49. The molecule has 0 aliphatic heterocycles. The van der Waals surface area contributed by atoms with Crippen LogP contribution in [0.15, 0.2) is 29.6 Å². The molecule has 0 saturated heterocycles. The predicted octanol–water partition coefficient (Wildman–Crippen LogP) is 3.14. The van der Waals surface area contributed by atoms with Gasteiger partial charge in [-0.2, -0.15) is 0 Å². The Morgan fingerprint density at radius 3 is 2.61 bits per heavy atom. The van der Waals surface area contributed by atoms with Crippen LogP contribution in [-0.2, 0) is 6.42 Å². The Hall–Kier alpha value is -1.26. The maximum Gasteiger partial charge on any atom is 0.123 e. The van der Waals surface area contributed by atoms with E-state index in [0.717, 1.165) is 29.2 Å². The van der Waals surface area contributed by atoms with Crippen LogP contribution in [0.2, 0.25) is 0 Å². The summed E-state index contributed by atoms with van der Waals surface area (Å²) in [5.74, 6) is 0.146. The van der Waals surface area contributed by atoms with Crippen LogP contribution in [0.4, 0.5) is 4.39 Å². The van der Waals surface area contributed by atoms with E-state index in [9.17, 15) is 4.39 Å². The van der Waals surface area contributed by atoms with Gasteiger partial charge in [-0.3, -0.25) is 0 Å². The number of nitrogens with zero attached hydrogens (tertiary/aromatic N) is 1. The van der Waals surface area contributed by atoms with E-state index in [-0.39, 0.29) is 5.82 Å². The topological polar surface area (TPSA) is 24.9 Å². The van der Waals surface area contributed by atoms with Crippen molar-refractivity contribution < 1.29 is 4.39 Å². The van der Waals surface area contributed by atoms with Gasteiger partial charge in [0.1, 0.15) is 5.82 Å². The number of nitrogens with one attached hydrogen (secondary N) is 1. The van der Waals surface area contributed by atoms with Gasteiger partial charge in [0.2, 0.25) is 0 Å². The predicted molar refractivity (Wildman–Crippen MR) is 73.6 cm³/mol. The molecule has 0 fully saturated rings. The van der Waals surface area contributed by atoms with Crippen molar-refractivity contribution in [2.75, 3.05) is 13.6 Å². The fourth-order valence-electron chi connectivity index (χ4n) is 2.00. The first-order valence-corrected chi connectivity index (χ1v) is 6.88. The van der Waals surface area contributed by atoms with Crippen molar-refractivity contribution in [1.29, 1.82) is 0 Å². The van der Waals surface area contributed by atoms with Crippen LogP contribution < -0.4 is 5.32 Å². The van der Waals surface area contributed by atoms with Gasteiger partial charge < -0.3 is 5.32 Å². The maximum atomic E-state index is 12.9. The van der Waals surface area contributed by atoms with Crippen LogP contribution in [-0.4, -0.2) is 18.6 Å². The van der Waals surface area contributed by atoms with E-state index < -0.39 is 0 Å². The number of aryl methyl sites for hydroxylation is 1. The summed E-state index contributed by atoms with van der Waals surface area (Å²) < 4.78 is 12.9. The number of thiazole rings is 1. The molecule has 0 spiro atoms. The van der Waals surface area contributed by atoms with Gasteiger partial charge in [0.05, 0.1) is 5.01 Å². The van der Waals surface area contributed by atoms with Crippen molar-refractivity contribution >= 4 is 11.3 Å². The van der Waals surface area contributed by atoms with Crippen LogP contribution in [0.3, 0.4) is 0 Å². The molecule has 0 bridgehead atoms. The Labute approximate surface area is 111 Å². The van der Waals surface area contributed by atoms with Gasteiger partial charge in [0, 0.05) is 30.0 Å². The first-order chi connectivity index (χ1) is 8.69. The van der Waals surface area contributed by atoms with Gasteiger partial charge in [0.15, 0.2) is 0 Å². The zero-order valence-electron chi connectivity index (χ0n) is 10.6. The smallest absolute Gasteiger partial charge is 0.123 e. The normalized spacial score (nSPS) is 12.6. The fraction of sp³-hybridized carbons (Fsp3) is 0.357. The molecule has 1 heterocycles. The Morgan fingerprint density at radius 1 is 1.33 bits per heavy atom. The van der Waals surface area contributed by atoms with Gasteiger partial charge in [-0.25, -0.2) is 9.37 Å². The molecule has 96 valence electrons. The number of aromatic nitrogens is 1. The molecule has 2 aromatic rings. The molecule has 1 N–H and O–H groups in total. The molecule has 2 rings (SSSR count). The first kappa shape index (κ1) is 13.2. The lowest BCUT2D eigenvalue weighted by atomic mass is 9.96. The second kappa shape index (κ2) is 6.07. The molecular formula is C14H17FN2S. The van der Waals surface area contributed by atoms with Crippen molar-refractivity contribution in [3.63, 3.8) is 0 Å². The molecule has 1 unspecified atom stereocenters. The lowest BCUT2D eigenvalue weighted by Gasteiger charge is -2.15. The second-order valence-corrected chi connectivity index (χ2v) is 5.34. The fourth-order valence-corrected chi connectivity index (χ4v) is 2.85. The number of halogens is 1. The Morgan fingerprint density at radius 2 is 2.06 bits per heavy atom. The Bertz CT molecular complexity index is 493. The number of hydrogen-bond acceptors (Lipinski definition) is 3. The number of rotatable bonds is 5. The summed E-state index contributed by atoms with van der Waals surface area (Å²) in [5, 5.41) is 6.39. The molecule has 1 aromatic carbocycles. The molecule has 1 aromatic heterocycles.